The first-order valence-electron chi connectivity index (χ1n) is 10.3. The number of para-hydroxylation sites is 1. The summed E-state index contributed by atoms with van der Waals surface area (Å²) in [6.45, 7) is 2.95. The molecule has 1 N–H and O–H groups in total. The van der Waals surface area contributed by atoms with Gasteiger partial charge in [-0.25, -0.2) is 9.67 Å². The van der Waals surface area contributed by atoms with Gasteiger partial charge in [-0.05, 0) is 31.2 Å². The Morgan fingerprint density at radius 2 is 1.88 bits per heavy atom. The number of rotatable bonds is 5. The fraction of sp³-hybridized carbons (Fsp3) is 0.217. The summed E-state index contributed by atoms with van der Waals surface area (Å²) in [7, 11) is 0. The van der Waals surface area contributed by atoms with E-state index in [1.807, 2.05) is 30.3 Å². The first-order chi connectivity index (χ1) is 15.6. The molecule has 32 heavy (non-hydrogen) atoms. The van der Waals surface area contributed by atoms with Crippen molar-refractivity contribution in [2.75, 3.05) is 18.5 Å². The van der Waals surface area contributed by atoms with Gasteiger partial charge in [0, 0.05) is 24.7 Å². The molecule has 1 aliphatic heterocycles. The largest absolute Gasteiger partial charge is 0.486 e. The number of fused-ring (bicyclic) bond motifs is 2. The van der Waals surface area contributed by atoms with Crippen molar-refractivity contribution in [1.29, 1.82) is 0 Å². The van der Waals surface area contributed by atoms with Crippen LogP contribution in [0.5, 0.6) is 11.5 Å². The van der Waals surface area contributed by atoms with Gasteiger partial charge in [0.2, 0.25) is 5.91 Å². The molecule has 0 saturated carbocycles. The lowest BCUT2D eigenvalue weighted by molar-refractivity contribution is -0.116. The fourth-order valence-corrected chi connectivity index (χ4v) is 3.69. The molecule has 9 heteroatoms. The minimum Gasteiger partial charge on any atom is -0.486 e. The monoisotopic (exact) mass is 431 g/mol. The number of hydrogen-bond acceptors (Lipinski definition) is 6. The number of aryl methyl sites for hydroxylation is 1. The number of aromatic nitrogens is 4. The molecule has 0 atom stereocenters. The van der Waals surface area contributed by atoms with Crippen LogP contribution in [0.15, 0.2) is 59.5 Å². The lowest BCUT2D eigenvalue weighted by Crippen LogP contribution is -2.26. The van der Waals surface area contributed by atoms with Gasteiger partial charge in [-0.15, -0.1) is 0 Å². The normalized spacial score (nSPS) is 12.7. The summed E-state index contributed by atoms with van der Waals surface area (Å²) in [4.78, 5) is 30.1. The Morgan fingerprint density at radius 1 is 1.09 bits per heavy atom. The molecule has 4 aromatic rings. The van der Waals surface area contributed by atoms with E-state index in [1.165, 1.54) is 10.8 Å². The quantitative estimate of drug-likeness (QED) is 0.522. The number of ether oxygens (including phenoxy) is 2. The number of nitrogens with one attached hydrogen (secondary N) is 1. The molecule has 162 valence electrons. The van der Waals surface area contributed by atoms with Crippen LogP contribution in [-0.2, 0) is 11.3 Å². The molecule has 0 aliphatic carbocycles. The summed E-state index contributed by atoms with van der Waals surface area (Å²) in [6.07, 6.45) is 1.64. The van der Waals surface area contributed by atoms with E-state index in [4.69, 9.17) is 9.47 Å². The van der Waals surface area contributed by atoms with Crippen molar-refractivity contribution in [3.63, 3.8) is 0 Å². The van der Waals surface area contributed by atoms with E-state index in [2.05, 4.69) is 15.4 Å². The summed E-state index contributed by atoms with van der Waals surface area (Å²) in [5.74, 6) is 1.57. The van der Waals surface area contributed by atoms with Gasteiger partial charge in [0.05, 0.1) is 11.9 Å². The number of carbonyl (C=O) groups excluding carboxylic acids is 1. The maximum atomic E-state index is 13.0. The number of nitrogens with zero attached hydrogens (tertiary/aromatic N) is 4. The fourth-order valence-electron chi connectivity index (χ4n) is 3.69. The zero-order chi connectivity index (χ0) is 22.1. The van der Waals surface area contributed by atoms with Gasteiger partial charge >= 0.3 is 0 Å². The van der Waals surface area contributed by atoms with Crippen molar-refractivity contribution in [1.82, 2.24) is 19.3 Å². The number of hydrogen-bond donors (Lipinski definition) is 1. The van der Waals surface area contributed by atoms with E-state index in [0.29, 0.717) is 47.3 Å². The molecular weight excluding hydrogens is 410 g/mol. The van der Waals surface area contributed by atoms with Crippen molar-refractivity contribution in [2.45, 2.75) is 19.9 Å². The molecule has 2 aromatic heterocycles. The predicted octanol–water partition coefficient (Wildman–Crippen LogP) is 2.69. The second-order valence-electron chi connectivity index (χ2n) is 7.40. The highest BCUT2D eigenvalue weighted by Gasteiger charge is 2.16. The number of anilines is 1. The summed E-state index contributed by atoms with van der Waals surface area (Å²) in [6, 6.07) is 14.8. The molecule has 0 fully saturated rings. The first kappa shape index (κ1) is 19.8. The Balaban J connectivity index is 1.33. The molecule has 0 saturated heterocycles. The highest BCUT2D eigenvalue weighted by atomic mass is 16.6. The Morgan fingerprint density at radius 3 is 2.69 bits per heavy atom. The molecule has 0 unspecified atom stereocenters. The number of amides is 1. The van der Waals surface area contributed by atoms with E-state index < -0.39 is 0 Å². The zero-order valence-corrected chi connectivity index (χ0v) is 17.4. The summed E-state index contributed by atoms with van der Waals surface area (Å²) in [5, 5.41) is 7.58. The topological polar surface area (TPSA) is 100 Å². The van der Waals surface area contributed by atoms with Crippen molar-refractivity contribution in [2.24, 2.45) is 0 Å². The van der Waals surface area contributed by atoms with Gasteiger partial charge in [0.1, 0.15) is 24.4 Å². The summed E-state index contributed by atoms with van der Waals surface area (Å²) >= 11 is 0. The van der Waals surface area contributed by atoms with E-state index in [-0.39, 0.29) is 24.4 Å². The third-order valence-electron chi connectivity index (χ3n) is 5.27. The summed E-state index contributed by atoms with van der Waals surface area (Å²) < 4.78 is 14.2. The zero-order valence-electron chi connectivity index (χ0n) is 17.4. The third kappa shape index (κ3) is 3.68. The highest BCUT2D eigenvalue weighted by molar-refractivity contribution is 5.91. The van der Waals surface area contributed by atoms with Crippen LogP contribution in [-0.4, -0.2) is 38.5 Å². The maximum Gasteiger partial charge on any atom is 0.264 e. The Labute approximate surface area is 183 Å². The predicted molar refractivity (Wildman–Crippen MR) is 119 cm³/mol. The van der Waals surface area contributed by atoms with Crippen LogP contribution < -0.4 is 20.3 Å². The Kier molecular flexibility index (Phi) is 5.06. The number of benzene rings is 2. The standard InChI is InChI=1S/C23H21N5O4/c1-15-25-22-18(14-24-28(22)17-5-3-2-4-6-17)23(30)27(15)10-9-21(29)26-16-7-8-19-20(13-16)32-12-11-31-19/h2-8,13-14H,9-12H2,1H3,(H,26,29). The smallest absolute Gasteiger partial charge is 0.264 e. The van der Waals surface area contributed by atoms with Crippen molar-refractivity contribution in [3.8, 4) is 17.2 Å². The molecule has 5 rings (SSSR count). The van der Waals surface area contributed by atoms with E-state index in [0.717, 1.165) is 5.69 Å². The molecule has 2 aromatic carbocycles. The summed E-state index contributed by atoms with van der Waals surface area (Å²) in [5.41, 5.74) is 1.71. The molecule has 1 aliphatic rings. The average Bonchev–Trinajstić information content (AvgIpc) is 3.23. The van der Waals surface area contributed by atoms with Crippen LogP contribution in [0.1, 0.15) is 12.2 Å². The van der Waals surface area contributed by atoms with Crippen LogP contribution in [0.3, 0.4) is 0 Å². The first-order valence-corrected chi connectivity index (χ1v) is 10.3. The van der Waals surface area contributed by atoms with Crippen molar-refractivity contribution in [3.05, 3.63) is 70.9 Å². The third-order valence-corrected chi connectivity index (χ3v) is 5.27. The molecule has 0 radical (unpaired) electrons. The van der Waals surface area contributed by atoms with Gasteiger partial charge in [-0.1, -0.05) is 18.2 Å². The number of carbonyl (C=O) groups is 1. The van der Waals surface area contributed by atoms with Gasteiger partial charge in [-0.3, -0.25) is 14.2 Å². The van der Waals surface area contributed by atoms with E-state index >= 15 is 0 Å². The van der Waals surface area contributed by atoms with Crippen LogP contribution in [0.2, 0.25) is 0 Å². The molecule has 1 amide bonds. The Hall–Kier alpha value is -4.14. The Bertz CT molecular complexity index is 1360. The van der Waals surface area contributed by atoms with Crippen LogP contribution in [0.25, 0.3) is 16.7 Å². The SMILES string of the molecule is Cc1nc2c(cnn2-c2ccccc2)c(=O)n1CCC(=O)Nc1ccc2c(c1)OCCO2. The van der Waals surface area contributed by atoms with Crippen molar-refractivity contribution < 1.29 is 14.3 Å². The molecule has 0 bridgehead atoms. The highest BCUT2D eigenvalue weighted by Crippen LogP contribution is 2.32. The second kappa shape index (κ2) is 8.18. The van der Waals surface area contributed by atoms with Gasteiger partial charge < -0.3 is 14.8 Å². The molecule has 9 nitrogen and oxygen atoms in total. The lowest BCUT2D eigenvalue weighted by atomic mass is 10.2. The minimum atomic E-state index is -0.221. The van der Waals surface area contributed by atoms with Crippen LogP contribution >= 0.6 is 0 Å². The average molecular weight is 431 g/mol. The minimum absolute atomic E-state index is 0.120. The van der Waals surface area contributed by atoms with Crippen LogP contribution in [0.4, 0.5) is 5.69 Å². The van der Waals surface area contributed by atoms with Crippen molar-refractivity contribution >= 4 is 22.6 Å². The molecule has 3 heterocycles. The van der Waals surface area contributed by atoms with Gasteiger partial charge in [0.15, 0.2) is 17.1 Å². The maximum absolute atomic E-state index is 13.0. The van der Waals surface area contributed by atoms with E-state index in [1.54, 1.807) is 29.8 Å². The molecule has 0 spiro atoms. The van der Waals surface area contributed by atoms with Gasteiger partial charge in [0.25, 0.3) is 5.56 Å². The lowest BCUT2D eigenvalue weighted by Gasteiger charge is -2.19. The second-order valence-corrected chi connectivity index (χ2v) is 7.40. The van der Waals surface area contributed by atoms with Gasteiger partial charge in [-0.2, -0.15) is 5.10 Å². The molecular formula is C23H21N5O4. The van der Waals surface area contributed by atoms with E-state index in [9.17, 15) is 9.59 Å². The van der Waals surface area contributed by atoms with Crippen LogP contribution in [0, 0.1) is 6.92 Å².